The zero-order valence-corrected chi connectivity index (χ0v) is 18.3. The fourth-order valence-corrected chi connectivity index (χ4v) is 6.08. The van der Waals surface area contributed by atoms with Gasteiger partial charge < -0.3 is 9.64 Å². The van der Waals surface area contributed by atoms with Crippen LogP contribution in [-0.2, 0) is 19.6 Å². The number of likely N-dealkylation sites (tertiary alicyclic amines) is 1. The summed E-state index contributed by atoms with van der Waals surface area (Å²) in [6.07, 6.45) is 2.67. The number of piperidine rings is 1. The Hall–Kier alpha value is -1.64. The Bertz CT molecular complexity index is 873. The third-order valence-electron chi connectivity index (χ3n) is 5.40. The SMILES string of the molecule is C[C@H]1C[C@H](C)CN(C(=O)COC(=O)c2ccc(Cl)c(S(=O)(=O)N3CCCC3)c2)C1. The normalized spacial score (nSPS) is 23.2. The van der Waals surface area contributed by atoms with Crippen molar-refractivity contribution in [1.29, 1.82) is 0 Å². The summed E-state index contributed by atoms with van der Waals surface area (Å²) >= 11 is 6.10. The number of carbonyl (C=O) groups is 2. The predicted octanol–water partition coefficient (Wildman–Crippen LogP) is 2.79. The minimum Gasteiger partial charge on any atom is -0.452 e. The average Bonchev–Trinajstić information content (AvgIpc) is 3.21. The van der Waals surface area contributed by atoms with Gasteiger partial charge in [0.05, 0.1) is 10.6 Å². The summed E-state index contributed by atoms with van der Waals surface area (Å²) in [7, 11) is -3.77. The second kappa shape index (κ2) is 9.02. The molecule has 0 spiro atoms. The third kappa shape index (κ3) is 5.10. The molecule has 2 saturated heterocycles. The van der Waals surface area contributed by atoms with E-state index in [0.29, 0.717) is 38.0 Å². The quantitative estimate of drug-likeness (QED) is 0.654. The highest BCUT2D eigenvalue weighted by Gasteiger charge is 2.30. The van der Waals surface area contributed by atoms with E-state index in [1.807, 2.05) is 0 Å². The molecule has 2 fully saturated rings. The lowest BCUT2D eigenvalue weighted by molar-refractivity contribution is -0.137. The molecule has 0 N–H and O–H groups in total. The number of halogens is 1. The van der Waals surface area contributed by atoms with Gasteiger partial charge in [-0.25, -0.2) is 13.2 Å². The van der Waals surface area contributed by atoms with Gasteiger partial charge >= 0.3 is 5.97 Å². The minimum atomic E-state index is -3.77. The molecule has 0 aliphatic carbocycles. The molecule has 2 atom stereocenters. The van der Waals surface area contributed by atoms with E-state index in [1.54, 1.807) is 4.90 Å². The standard InChI is InChI=1S/C20H27ClN2O5S/c1-14-9-15(2)12-22(11-14)19(24)13-28-20(25)16-5-6-17(21)18(10-16)29(26,27)23-7-3-4-8-23/h5-6,10,14-15H,3-4,7-9,11-13H2,1-2H3/t14-,15-/m0/s1. The molecule has 0 radical (unpaired) electrons. The van der Waals surface area contributed by atoms with Crippen molar-refractivity contribution in [2.75, 3.05) is 32.8 Å². The monoisotopic (exact) mass is 442 g/mol. The van der Waals surface area contributed by atoms with Crippen LogP contribution >= 0.6 is 11.6 Å². The number of esters is 1. The van der Waals surface area contributed by atoms with Crippen molar-refractivity contribution in [3.8, 4) is 0 Å². The zero-order valence-electron chi connectivity index (χ0n) is 16.8. The largest absolute Gasteiger partial charge is 0.452 e. The summed E-state index contributed by atoms with van der Waals surface area (Å²) in [5, 5.41) is 0.0563. The predicted molar refractivity (Wildman–Crippen MR) is 109 cm³/mol. The Labute approximate surface area is 177 Å². The smallest absolute Gasteiger partial charge is 0.338 e. The fraction of sp³-hybridized carbons (Fsp3) is 0.600. The Morgan fingerprint density at radius 1 is 1.14 bits per heavy atom. The lowest BCUT2D eigenvalue weighted by Gasteiger charge is -2.34. The van der Waals surface area contributed by atoms with E-state index in [0.717, 1.165) is 19.3 Å². The van der Waals surface area contributed by atoms with Crippen molar-refractivity contribution in [2.24, 2.45) is 11.8 Å². The van der Waals surface area contributed by atoms with E-state index >= 15 is 0 Å². The van der Waals surface area contributed by atoms with Crippen molar-refractivity contribution in [3.05, 3.63) is 28.8 Å². The molecule has 2 heterocycles. The molecule has 1 amide bonds. The number of hydrogen-bond donors (Lipinski definition) is 0. The number of nitrogens with zero attached hydrogens (tertiary/aromatic N) is 2. The Balaban J connectivity index is 1.67. The minimum absolute atomic E-state index is 0.0559. The van der Waals surface area contributed by atoms with Crippen LogP contribution in [0.25, 0.3) is 0 Å². The second-order valence-electron chi connectivity index (χ2n) is 8.08. The fourth-order valence-electron chi connectivity index (χ4n) is 4.06. The van der Waals surface area contributed by atoms with Crippen LogP contribution in [0.1, 0.15) is 43.5 Å². The molecule has 29 heavy (non-hydrogen) atoms. The molecule has 0 saturated carbocycles. The second-order valence-corrected chi connectivity index (χ2v) is 10.4. The van der Waals surface area contributed by atoms with Crippen LogP contribution in [0.2, 0.25) is 5.02 Å². The molecule has 7 nitrogen and oxygen atoms in total. The van der Waals surface area contributed by atoms with Crippen LogP contribution in [0.3, 0.4) is 0 Å². The van der Waals surface area contributed by atoms with Gasteiger partial charge in [0.2, 0.25) is 10.0 Å². The van der Waals surface area contributed by atoms with Crippen LogP contribution in [0, 0.1) is 11.8 Å². The average molecular weight is 443 g/mol. The molecule has 3 rings (SSSR count). The summed E-state index contributed by atoms with van der Waals surface area (Å²) in [6, 6.07) is 4.01. The highest BCUT2D eigenvalue weighted by Crippen LogP contribution is 2.28. The van der Waals surface area contributed by atoms with Gasteiger partial charge in [-0.3, -0.25) is 4.79 Å². The van der Waals surface area contributed by atoms with Gasteiger partial charge in [-0.1, -0.05) is 25.4 Å². The maximum absolute atomic E-state index is 12.8. The molecule has 2 aliphatic heterocycles. The van der Waals surface area contributed by atoms with Crippen molar-refractivity contribution in [2.45, 2.75) is 38.0 Å². The molecule has 0 bridgehead atoms. The summed E-state index contributed by atoms with van der Waals surface area (Å²) < 4.78 is 32.1. The molecular formula is C20H27ClN2O5S. The topological polar surface area (TPSA) is 84.0 Å². The molecule has 0 unspecified atom stereocenters. The molecule has 1 aromatic carbocycles. The number of hydrogen-bond acceptors (Lipinski definition) is 5. The lowest BCUT2D eigenvalue weighted by Crippen LogP contribution is -2.44. The van der Waals surface area contributed by atoms with Gasteiger partial charge in [0.1, 0.15) is 4.90 Å². The van der Waals surface area contributed by atoms with Crippen molar-refractivity contribution in [3.63, 3.8) is 0 Å². The van der Waals surface area contributed by atoms with Gasteiger partial charge in [0, 0.05) is 26.2 Å². The zero-order chi connectivity index (χ0) is 21.2. The van der Waals surface area contributed by atoms with Crippen LogP contribution in [-0.4, -0.2) is 62.3 Å². The summed E-state index contributed by atoms with van der Waals surface area (Å²) in [6.45, 7) is 6.01. The number of amides is 1. The number of rotatable bonds is 5. The Morgan fingerprint density at radius 2 is 1.76 bits per heavy atom. The van der Waals surface area contributed by atoms with Gasteiger partial charge in [0.15, 0.2) is 6.61 Å². The maximum Gasteiger partial charge on any atom is 0.338 e. The molecule has 160 valence electrons. The molecule has 2 aliphatic rings. The maximum atomic E-state index is 12.8. The van der Waals surface area contributed by atoms with Gasteiger partial charge in [-0.05, 0) is 49.3 Å². The number of sulfonamides is 1. The molecule has 9 heteroatoms. The highest BCUT2D eigenvalue weighted by molar-refractivity contribution is 7.89. The first kappa shape index (κ1) is 22.1. The van der Waals surface area contributed by atoms with Crippen LogP contribution in [0.5, 0.6) is 0 Å². The Morgan fingerprint density at radius 3 is 2.38 bits per heavy atom. The summed E-state index contributed by atoms with van der Waals surface area (Å²) in [5.74, 6) is -0.164. The van der Waals surface area contributed by atoms with Crippen molar-refractivity contribution < 1.29 is 22.7 Å². The number of benzene rings is 1. The first-order valence-electron chi connectivity index (χ1n) is 9.93. The van der Waals surface area contributed by atoms with E-state index in [1.165, 1.54) is 22.5 Å². The van der Waals surface area contributed by atoms with Gasteiger partial charge in [-0.2, -0.15) is 4.31 Å². The Kier molecular flexibility index (Phi) is 6.86. The van der Waals surface area contributed by atoms with Gasteiger partial charge in [-0.15, -0.1) is 0 Å². The van der Waals surface area contributed by atoms with E-state index in [-0.39, 0.29) is 28.0 Å². The van der Waals surface area contributed by atoms with Crippen molar-refractivity contribution in [1.82, 2.24) is 9.21 Å². The van der Waals surface area contributed by atoms with Gasteiger partial charge in [0.25, 0.3) is 5.91 Å². The van der Waals surface area contributed by atoms with E-state index in [2.05, 4.69) is 13.8 Å². The van der Waals surface area contributed by atoms with Crippen LogP contribution < -0.4 is 0 Å². The molecular weight excluding hydrogens is 416 g/mol. The van der Waals surface area contributed by atoms with Crippen molar-refractivity contribution >= 4 is 33.5 Å². The number of ether oxygens (including phenoxy) is 1. The number of carbonyl (C=O) groups excluding carboxylic acids is 2. The lowest BCUT2D eigenvalue weighted by atomic mass is 9.92. The van der Waals surface area contributed by atoms with E-state index < -0.39 is 16.0 Å². The van der Waals surface area contributed by atoms with E-state index in [4.69, 9.17) is 16.3 Å². The van der Waals surface area contributed by atoms with Crippen LogP contribution in [0.15, 0.2) is 23.1 Å². The van der Waals surface area contributed by atoms with E-state index in [9.17, 15) is 18.0 Å². The third-order valence-corrected chi connectivity index (χ3v) is 7.78. The molecule has 1 aromatic rings. The first-order chi connectivity index (χ1) is 13.7. The highest BCUT2D eigenvalue weighted by atomic mass is 35.5. The summed E-state index contributed by atoms with van der Waals surface area (Å²) in [4.78, 5) is 26.4. The first-order valence-corrected chi connectivity index (χ1v) is 11.7. The summed E-state index contributed by atoms with van der Waals surface area (Å²) in [5.41, 5.74) is 0.0559. The van der Waals surface area contributed by atoms with Crippen LogP contribution in [0.4, 0.5) is 0 Å². The molecule has 0 aromatic heterocycles.